The second kappa shape index (κ2) is 5.53. The molecule has 62 valence electrons. The third-order valence-electron chi connectivity index (χ3n) is 1.24. The number of halogens is 3. The molecule has 0 aliphatic heterocycles. The molecule has 10 heavy (non-hydrogen) atoms. The van der Waals surface area contributed by atoms with Crippen molar-refractivity contribution in [1.82, 2.24) is 4.90 Å². The minimum absolute atomic E-state index is 0.112. The Bertz CT molecular complexity index is 77.4. The molecule has 0 aromatic rings. The number of hydrogen-bond acceptors (Lipinski definition) is 1. The van der Waals surface area contributed by atoms with Crippen molar-refractivity contribution >= 4 is 0 Å². The summed E-state index contributed by atoms with van der Waals surface area (Å²) < 4.78 is 34.9. The molecule has 0 aliphatic carbocycles. The zero-order valence-corrected chi connectivity index (χ0v) is 5.99. The van der Waals surface area contributed by atoms with Gasteiger partial charge in [-0.05, 0) is 6.54 Å². The van der Waals surface area contributed by atoms with Crippen molar-refractivity contribution in [3.8, 4) is 0 Å². The lowest BCUT2D eigenvalue weighted by Gasteiger charge is -2.17. The summed E-state index contributed by atoms with van der Waals surface area (Å²) in [5.41, 5.74) is 0. The predicted octanol–water partition coefficient (Wildman–Crippen LogP) is 1.54. The van der Waals surface area contributed by atoms with E-state index in [0.29, 0.717) is 6.54 Å². The summed E-state index contributed by atoms with van der Waals surface area (Å²) >= 11 is 0. The summed E-state index contributed by atoms with van der Waals surface area (Å²) in [5, 5.41) is 0. The fourth-order valence-electron chi connectivity index (χ4n) is 0.693. The van der Waals surface area contributed by atoms with Crippen LogP contribution in [0, 0.1) is 0 Å². The average molecular weight is 155 g/mol. The van der Waals surface area contributed by atoms with Crippen LogP contribution < -0.4 is 0 Å². The summed E-state index contributed by atoms with van der Waals surface area (Å²) in [6.07, 6.45) is -2.36. The summed E-state index contributed by atoms with van der Waals surface area (Å²) in [6.45, 7) is 1.45. The molecule has 4 heteroatoms. The van der Waals surface area contributed by atoms with E-state index in [2.05, 4.69) is 0 Å². The van der Waals surface area contributed by atoms with Crippen LogP contribution >= 0.6 is 0 Å². The van der Waals surface area contributed by atoms with E-state index in [1.807, 2.05) is 0 Å². The van der Waals surface area contributed by atoms with Crippen LogP contribution in [0.25, 0.3) is 0 Å². The van der Waals surface area contributed by atoms with Crippen LogP contribution in [0.4, 0.5) is 13.2 Å². The van der Waals surface area contributed by atoms with Crippen LogP contribution in [0.15, 0.2) is 0 Å². The first kappa shape index (κ1) is 9.75. The molecule has 0 fully saturated rings. The Morgan fingerprint density at radius 1 is 1.40 bits per heavy atom. The molecule has 0 bridgehead atoms. The maximum absolute atomic E-state index is 11.6. The molecule has 0 saturated carbocycles. The van der Waals surface area contributed by atoms with Crippen molar-refractivity contribution in [2.75, 3.05) is 26.3 Å². The normalized spacial score (nSPS) is 11.4. The number of alkyl halides is 3. The Balaban J connectivity index is 3.39. The smallest absolute Gasteiger partial charge is 0.251 e. The molecule has 0 amide bonds. The summed E-state index contributed by atoms with van der Waals surface area (Å²) in [7, 11) is 0. The van der Waals surface area contributed by atoms with Gasteiger partial charge in [-0.2, -0.15) is 0 Å². The zero-order chi connectivity index (χ0) is 7.98. The molecular weight excluding hydrogens is 143 g/mol. The molecule has 0 heterocycles. The fourth-order valence-corrected chi connectivity index (χ4v) is 0.693. The minimum Gasteiger partial charge on any atom is -0.295 e. The highest BCUT2D eigenvalue weighted by Crippen LogP contribution is 1.97. The van der Waals surface area contributed by atoms with Crippen LogP contribution in [0.2, 0.25) is 0 Å². The standard InChI is InChI=1S/C6H12F3N/c1-2-10(4-3-7)5-6(8)9/h6H,2-5H2,1H3. The van der Waals surface area contributed by atoms with Crippen LogP contribution in [0.1, 0.15) is 6.92 Å². The van der Waals surface area contributed by atoms with E-state index in [-0.39, 0.29) is 13.1 Å². The van der Waals surface area contributed by atoms with Gasteiger partial charge >= 0.3 is 0 Å². The van der Waals surface area contributed by atoms with E-state index in [9.17, 15) is 13.2 Å². The minimum atomic E-state index is -2.36. The molecule has 1 nitrogen and oxygen atoms in total. The lowest BCUT2D eigenvalue weighted by molar-refractivity contribution is 0.0877. The maximum atomic E-state index is 11.6. The molecule has 0 atom stereocenters. The van der Waals surface area contributed by atoms with Gasteiger partial charge in [-0.25, -0.2) is 13.2 Å². The van der Waals surface area contributed by atoms with E-state index in [1.165, 1.54) is 4.90 Å². The highest BCUT2D eigenvalue weighted by molar-refractivity contribution is 4.54. The Hall–Kier alpha value is -0.250. The lowest BCUT2D eigenvalue weighted by Crippen LogP contribution is -2.30. The number of rotatable bonds is 5. The van der Waals surface area contributed by atoms with Crippen LogP contribution in [-0.4, -0.2) is 37.6 Å². The Kier molecular flexibility index (Phi) is 5.39. The highest BCUT2D eigenvalue weighted by atomic mass is 19.3. The van der Waals surface area contributed by atoms with E-state index < -0.39 is 13.1 Å². The summed E-state index contributed by atoms with van der Waals surface area (Å²) in [5.74, 6) is 0. The maximum Gasteiger partial charge on any atom is 0.251 e. The van der Waals surface area contributed by atoms with E-state index in [4.69, 9.17) is 0 Å². The molecule has 0 radical (unpaired) electrons. The van der Waals surface area contributed by atoms with Gasteiger partial charge in [0.05, 0.1) is 6.54 Å². The molecule has 0 spiro atoms. The average Bonchev–Trinajstić information content (AvgIpc) is 1.86. The summed E-state index contributed by atoms with van der Waals surface area (Å²) in [4.78, 5) is 1.38. The molecule has 0 saturated heterocycles. The highest BCUT2D eigenvalue weighted by Gasteiger charge is 2.08. The molecule has 0 N–H and O–H groups in total. The largest absolute Gasteiger partial charge is 0.295 e. The quantitative estimate of drug-likeness (QED) is 0.582. The Morgan fingerprint density at radius 2 is 2.00 bits per heavy atom. The third kappa shape index (κ3) is 4.61. The lowest BCUT2D eigenvalue weighted by atomic mass is 10.5. The van der Waals surface area contributed by atoms with Crippen molar-refractivity contribution in [2.45, 2.75) is 13.3 Å². The van der Waals surface area contributed by atoms with Crippen LogP contribution in [0.3, 0.4) is 0 Å². The van der Waals surface area contributed by atoms with Gasteiger partial charge in [-0.3, -0.25) is 4.90 Å². The monoisotopic (exact) mass is 155 g/mol. The van der Waals surface area contributed by atoms with Gasteiger partial charge in [-0.15, -0.1) is 0 Å². The molecule has 0 unspecified atom stereocenters. The van der Waals surface area contributed by atoms with Gasteiger partial charge < -0.3 is 0 Å². The first-order valence-corrected chi connectivity index (χ1v) is 3.27. The van der Waals surface area contributed by atoms with E-state index in [1.54, 1.807) is 6.92 Å². The third-order valence-corrected chi connectivity index (χ3v) is 1.24. The Morgan fingerprint density at radius 3 is 2.30 bits per heavy atom. The Labute approximate surface area is 58.8 Å². The van der Waals surface area contributed by atoms with Crippen molar-refractivity contribution < 1.29 is 13.2 Å². The molecule has 0 aromatic carbocycles. The van der Waals surface area contributed by atoms with Crippen molar-refractivity contribution in [1.29, 1.82) is 0 Å². The SMILES string of the molecule is CCN(CCF)CC(F)F. The van der Waals surface area contributed by atoms with Gasteiger partial charge in [0.25, 0.3) is 6.43 Å². The molecular formula is C6H12F3N. The topological polar surface area (TPSA) is 3.24 Å². The van der Waals surface area contributed by atoms with E-state index >= 15 is 0 Å². The second-order valence-corrected chi connectivity index (χ2v) is 1.97. The van der Waals surface area contributed by atoms with Crippen LogP contribution in [-0.2, 0) is 0 Å². The number of hydrogen-bond donors (Lipinski definition) is 0. The fraction of sp³-hybridized carbons (Fsp3) is 1.00. The van der Waals surface area contributed by atoms with E-state index in [0.717, 1.165) is 0 Å². The van der Waals surface area contributed by atoms with Gasteiger partial charge in [0.2, 0.25) is 0 Å². The number of nitrogens with zero attached hydrogens (tertiary/aromatic N) is 1. The summed E-state index contributed by atoms with van der Waals surface area (Å²) in [6, 6.07) is 0. The van der Waals surface area contributed by atoms with Gasteiger partial charge in [0, 0.05) is 6.54 Å². The first-order chi connectivity index (χ1) is 4.70. The van der Waals surface area contributed by atoms with Gasteiger partial charge in [-0.1, -0.05) is 6.92 Å². The van der Waals surface area contributed by atoms with Crippen molar-refractivity contribution in [2.24, 2.45) is 0 Å². The van der Waals surface area contributed by atoms with Gasteiger partial charge in [0.15, 0.2) is 0 Å². The predicted molar refractivity (Wildman–Crippen MR) is 34.1 cm³/mol. The van der Waals surface area contributed by atoms with Gasteiger partial charge in [0.1, 0.15) is 6.67 Å². The van der Waals surface area contributed by atoms with Crippen molar-refractivity contribution in [3.05, 3.63) is 0 Å². The van der Waals surface area contributed by atoms with Crippen molar-refractivity contribution in [3.63, 3.8) is 0 Å². The first-order valence-electron chi connectivity index (χ1n) is 3.27. The van der Waals surface area contributed by atoms with Crippen LogP contribution in [0.5, 0.6) is 0 Å². The second-order valence-electron chi connectivity index (χ2n) is 1.97. The molecule has 0 aromatic heterocycles. The molecule has 0 rings (SSSR count). The molecule has 0 aliphatic rings. The zero-order valence-electron chi connectivity index (χ0n) is 5.99.